The molecule has 1 aromatic rings. The molecule has 0 aliphatic carbocycles. The van der Waals surface area contributed by atoms with Crippen molar-refractivity contribution >= 4 is 29.0 Å². The predicted molar refractivity (Wildman–Crippen MR) is 97.1 cm³/mol. The summed E-state index contributed by atoms with van der Waals surface area (Å²) >= 11 is 1.41. The number of nitrogens with one attached hydrogen (secondary N) is 2. The summed E-state index contributed by atoms with van der Waals surface area (Å²) in [5.74, 6) is 0.231. The Hall–Kier alpha value is -1.77. The summed E-state index contributed by atoms with van der Waals surface area (Å²) < 4.78 is 5.16. The zero-order valence-corrected chi connectivity index (χ0v) is 14.8. The number of thioether (sulfide) groups is 1. The number of aliphatic carboxylic acids is 1. The van der Waals surface area contributed by atoms with Crippen LogP contribution in [0.1, 0.15) is 13.3 Å². The molecule has 0 saturated heterocycles. The number of rotatable bonds is 13. The molecule has 0 amide bonds. The summed E-state index contributed by atoms with van der Waals surface area (Å²) in [5, 5.41) is 20.8. The molecule has 1 aromatic carbocycles. The average molecular weight is 355 g/mol. The first kappa shape index (κ1) is 20.3. The van der Waals surface area contributed by atoms with Crippen molar-refractivity contribution in [3.05, 3.63) is 24.3 Å². The fraction of sp³-hybridized carbons (Fsp3) is 0.500. The van der Waals surface area contributed by atoms with Crippen molar-refractivity contribution in [1.82, 2.24) is 5.06 Å². The lowest BCUT2D eigenvalue weighted by molar-refractivity contribution is -0.171. The number of carboxylic acid groups (broad SMARTS) is 1. The van der Waals surface area contributed by atoms with E-state index in [1.165, 1.54) is 17.3 Å². The molecule has 24 heavy (non-hydrogen) atoms. The van der Waals surface area contributed by atoms with Gasteiger partial charge in [0.05, 0.1) is 11.7 Å². The first-order valence-corrected chi connectivity index (χ1v) is 8.77. The number of nitrogens with zero attached hydrogens (tertiary/aromatic N) is 1. The average Bonchev–Trinajstić information content (AvgIpc) is 2.57. The lowest BCUT2D eigenvalue weighted by Crippen LogP contribution is -2.29. The molecule has 0 aliphatic rings. The van der Waals surface area contributed by atoms with E-state index in [9.17, 15) is 4.79 Å². The molecule has 1 rings (SSSR count). The SMILES string of the molecule is CCN(C)OC(CCNc1cccc(OCC(=O)O)c1)CSC=N. The Morgan fingerprint density at radius 1 is 1.54 bits per heavy atom. The second kappa shape index (κ2) is 11.7. The van der Waals surface area contributed by atoms with E-state index in [-0.39, 0.29) is 12.7 Å². The van der Waals surface area contributed by atoms with Crippen molar-refractivity contribution in [2.45, 2.75) is 19.4 Å². The third-order valence-corrected chi connectivity index (χ3v) is 3.86. The fourth-order valence-electron chi connectivity index (χ4n) is 1.87. The highest BCUT2D eigenvalue weighted by Crippen LogP contribution is 2.18. The number of hydrogen-bond donors (Lipinski definition) is 3. The Bertz CT molecular complexity index is 516. The third-order valence-electron chi connectivity index (χ3n) is 3.13. The van der Waals surface area contributed by atoms with Gasteiger partial charge in [0.15, 0.2) is 6.61 Å². The van der Waals surface area contributed by atoms with Gasteiger partial charge in [-0.25, -0.2) is 4.79 Å². The van der Waals surface area contributed by atoms with Crippen molar-refractivity contribution in [3.8, 4) is 5.75 Å². The first-order chi connectivity index (χ1) is 11.5. The van der Waals surface area contributed by atoms with Gasteiger partial charge in [0, 0.05) is 37.6 Å². The Kier molecular flexibility index (Phi) is 9.90. The van der Waals surface area contributed by atoms with Crippen molar-refractivity contribution in [1.29, 1.82) is 5.41 Å². The normalized spacial score (nSPS) is 12.0. The monoisotopic (exact) mass is 355 g/mol. The van der Waals surface area contributed by atoms with E-state index in [0.717, 1.165) is 24.4 Å². The molecular formula is C16H25N3O4S. The molecule has 3 N–H and O–H groups in total. The molecule has 0 heterocycles. The van der Waals surface area contributed by atoms with Crippen LogP contribution in [0.15, 0.2) is 24.3 Å². The molecule has 0 spiro atoms. The number of anilines is 1. The maximum absolute atomic E-state index is 10.5. The molecule has 0 bridgehead atoms. The minimum Gasteiger partial charge on any atom is -0.482 e. The van der Waals surface area contributed by atoms with Crippen LogP contribution < -0.4 is 10.1 Å². The standard InChI is InChI=1S/C16H25N3O4S/c1-3-19(2)23-15(11-24-12-17)7-8-18-13-5-4-6-14(9-13)22-10-16(20)21/h4-6,9,12,15,17-18H,3,7-8,10-11H2,1-2H3,(H,20,21). The maximum atomic E-state index is 10.5. The molecule has 134 valence electrons. The summed E-state index contributed by atoms with van der Waals surface area (Å²) in [4.78, 5) is 16.3. The minimum absolute atomic E-state index is 0.0143. The smallest absolute Gasteiger partial charge is 0.341 e. The van der Waals surface area contributed by atoms with Crippen LogP contribution in [0, 0.1) is 5.41 Å². The number of hydroxylamine groups is 2. The van der Waals surface area contributed by atoms with Crippen LogP contribution in [0.2, 0.25) is 0 Å². The van der Waals surface area contributed by atoms with Crippen LogP contribution in [0.5, 0.6) is 5.75 Å². The summed E-state index contributed by atoms with van der Waals surface area (Å²) in [6.07, 6.45) is 0.797. The molecular weight excluding hydrogens is 330 g/mol. The van der Waals surface area contributed by atoms with Crippen LogP contribution in [-0.4, -0.2) is 60.3 Å². The Morgan fingerprint density at radius 3 is 3.00 bits per heavy atom. The third kappa shape index (κ3) is 8.76. The van der Waals surface area contributed by atoms with E-state index in [2.05, 4.69) is 5.32 Å². The topological polar surface area (TPSA) is 94.9 Å². The van der Waals surface area contributed by atoms with Crippen LogP contribution in [-0.2, 0) is 9.63 Å². The Morgan fingerprint density at radius 2 is 2.33 bits per heavy atom. The summed E-state index contributed by atoms with van der Waals surface area (Å²) in [7, 11) is 1.89. The molecule has 1 atom stereocenters. The summed E-state index contributed by atoms with van der Waals surface area (Å²) in [6.45, 7) is 3.15. The largest absolute Gasteiger partial charge is 0.482 e. The summed E-state index contributed by atoms with van der Waals surface area (Å²) in [5.41, 5.74) is 2.18. The van der Waals surface area contributed by atoms with E-state index in [0.29, 0.717) is 12.3 Å². The van der Waals surface area contributed by atoms with Crippen molar-refractivity contribution in [3.63, 3.8) is 0 Å². The number of carbonyl (C=O) groups is 1. The van der Waals surface area contributed by atoms with Gasteiger partial charge in [0.2, 0.25) is 0 Å². The van der Waals surface area contributed by atoms with Gasteiger partial charge in [0.1, 0.15) is 5.75 Å². The van der Waals surface area contributed by atoms with Crippen LogP contribution >= 0.6 is 11.8 Å². The van der Waals surface area contributed by atoms with Gasteiger partial charge >= 0.3 is 5.97 Å². The lowest BCUT2D eigenvalue weighted by atomic mass is 10.2. The fourth-order valence-corrected chi connectivity index (χ4v) is 2.41. The van der Waals surface area contributed by atoms with Crippen molar-refractivity contribution < 1.29 is 19.5 Å². The number of hydrogen-bond acceptors (Lipinski definition) is 7. The van der Waals surface area contributed by atoms with Gasteiger partial charge in [-0.2, -0.15) is 5.06 Å². The van der Waals surface area contributed by atoms with Crippen molar-refractivity contribution in [2.24, 2.45) is 0 Å². The van der Waals surface area contributed by atoms with Gasteiger partial charge in [-0.3, -0.25) is 4.84 Å². The van der Waals surface area contributed by atoms with Crippen LogP contribution in [0.25, 0.3) is 0 Å². The Balaban J connectivity index is 2.46. The van der Waals surface area contributed by atoms with E-state index < -0.39 is 5.97 Å². The lowest BCUT2D eigenvalue weighted by Gasteiger charge is -2.23. The molecule has 0 fully saturated rings. The van der Waals surface area contributed by atoms with Gasteiger partial charge in [-0.15, -0.1) is 11.8 Å². The molecule has 0 aliphatic heterocycles. The second-order valence-corrected chi connectivity index (χ2v) is 5.95. The number of benzene rings is 1. The highest BCUT2D eigenvalue weighted by atomic mass is 32.2. The maximum Gasteiger partial charge on any atom is 0.341 e. The van der Waals surface area contributed by atoms with E-state index in [1.807, 2.05) is 26.1 Å². The Labute approximate surface area is 146 Å². The zero-order chi connectivity index (χ0) is 17.8. The van der Waals surface area contributed by atoms with Crippen LogP contribution in [0.3, 0.4) is 0 Å². The summed E-state index contributed by atoms with van der Waals surface area (Å²) in [6, 6.07) is 7.19. The van der Waals surface area contributed by atoms with Crippen molar-refractivity contribution in [2.75, 3.05) is 37.8 Å². The molecule has 8 heteroatoms. The minimum atomic E-state index is -1.00. The number of ether oxygens (including phenoxy) is 1. The van der Waals surface area contributed by atoms with E-state index >= 15 is 0 Å². The predicted octanol–water partition coefficient (Wildman–Crippen LogP) is 2.54. The first-order valence-electron chi connectivity index (χ1n) is 7.72. The zero-order valence-electron chi connectivity index (χ0n) is 14.0. The van der Waals surface area contributed by atoms with Gasteiger partial charge in [0.25, 0.3) is 0 Å². The van der Waals surface area contributed by atoms with Gasteiger partial charge in [-0.1, -0.05) is 13.0 Å². The van der Waals surface area contributed by atoms with Gasteiger partial charge in [-0.05, 0) is 18.6 Å². The molecule has 0 aromatic heterocycles. The number of carboxylic acids is 1. The quantitative estimate of drug-likeness (QED) is 0.284. The highest BCUT2D eigenvalue weighted by molar-refractivity contribution is 8.12. The molecule has 0 radical (unpaired) electrons. The van der Waals surface area contributed by atoms with Crippen LogP contribution in [0.4, 0.5) is 5.69 Å². The highest BCUT2D eigenvalue weighted by Gasteiger charge is 2.11. The molecule has 7 nitrogen and oxygen atoms in total. The van der Waals surface area contributed by atoms with E-state index in [1.54, 1.807) is 17.2 Å². The second-order valence-electron chi connectivity index (χ2n) is 5.05. The van der Waals surface area contributed by atoms with Gasteiger partial charge < -0.3 is 20.6 Å². The molecule has 1 unspecified atom stereocenters. The van der Waals surface area contributed by atoms with E-state index in [4.69, 9.17) is 20.1 Å². The molecule has 0 saturated carbocycles.